The highest BCUT2D eigenvalue weighted by Gasteiger charge is 2.29. The van der Waals surface area contributed by atoms with Crippen molar-refractivity contribution in [1.29, 1.82) is 0 Å². The van der Waals surface area contributed by atoms with Gasteiger partial charge in [-0.2, -0.15) is 0 Å². The minimum atomic E-state index is 0.862. The van der Waals surface area contributed by atoms with Crippen LogP contribution in [0.1, 0.15) is 0 Å². The van der Waals surface area contributed by atoms with Crippen LogP contribution >= 0.6 is 0 Å². The van der Waals surface area contributed by atoms with E-state index in [-0.39, 0.29) is 0 Å². The molecule has 0 unspecified atom stereocenters. The molecule has 1 aliphatic rings. The quantitative estimate of drug-likeness (QED) is 0.172. The SMILES string of the molecule is c1ccc2c(N3c4ccc5ccccc5c4-c4cccc5cccc3c45)cc(-c3nc4ccccc4nc3-c3cc4ccccc4c4ccccc34)cc2c1. The molecule has 0 N–H and O–H groups in total. The highest BCUT2D eigenvalue weighted by atomic mass is 15.2. The van der Waals surface area contributed by atoms with E-state index in [1.54, 1.807) is 0 Å². The smallest absolute Gasteiger partial charge is 0.0979 e. The second-order valence-electron chi connectivity index (χ2n) is 14.5. The number of hydrogen-bond acceptors (Lipinski definition) is 3. The van der Waals surface area contributed by atoms with Crippen molar-refractivity contribution in [3.8, 4) is 33.6 Å². The first-order chi connectivity index (χ1) is 27.3. The van der Waals surface area contributed by atoms with E-state index in [1.807, 2.05) is 12.1 Å². The second kappa shape index (κ2) is 11.6. The highest BCUT2D eigenvalue weighted by molar-refractivity contribution is 6.21. The third-order valence-corrected chi connectivity index (χ3v) is 11.5. The van der Waals surface area contributed by atoms with E-state index in [9.17, 15) is 0 Å². The lowest BCUT2D eigenvalue weighted by molar-refractivity contribution is 1.28. The van der Waals surface area contributed by atoms with Crippen molar-refractivity contribution in [3.63, 3.8) is 0 Å². The summed E-state index contributed by atoms with van der Waals surface area (Å²) in [5, 5.41) is 12.1. The van der Waals surface area contributed by atoms with Crippen molar-refractivity contribution < 1.29 is 0 Å². The van der Waals surface area contributed by atoms with E-state index in [4.69, 9.17) is 9.97 Å². The molecule has 10 aromatic carbocycles. The van der Waals surface area contributed by atoms with Crippen LogP contribution in [0.2, 0.25) is 0 Å². The predicted molar refractivity (Wildman–Crippen MR) is 232 cm³/mol. The number of anilines is 3. The molecule has 1 aliphatic heterocycles. The van der Waals surface area contributed by atoms with Crippen molar-refractivity contribution in [3.05, 3.63) is 188 Å². The number of nitrogens with zero attached hydrogens (tertiary/aromatic N) is 3. The van der Waals surface area contributed by atoms with Crippen molar-refractivity contribution >= 4 is 82.0 Å². The third-order valence-electron chi connectivity index (χ3n) is 11.5. The Balaban J connectivity index is 1.20. The number of para-hydroxylation sites is 2. The van der Waals surface area contributed by atoms with Gasteiger partial charge in [0.2, 0.25) is 0 Å². The van der Waals surface area contributed by atoms with E-state index in [2.05, 4.69) is 181 Å². The summed E-state index contributed by atoms with van der Waals surface area (Å²) in [4.78, 5) is 13.4. The molecule has 0 radical (unpaired) electrons. The standard InChI is InChI=1S/C52H31N3/c1-6-20-39-32(13-1)27-28-47-50(39)42-23-11-16-33-17-12-26-46(49(33)42)55(47)48-31-36(29-34-14-3-5-19-38(34)48)51-52(54-45-25-10-9-24-44(45)53-51)43-30-35-15-2-4-18-37(35)40-21-7-8-22-41(40)43/h1-31H. The van der Waals surface area contributed by atoms with Gasteiger partial charge in [-0.1, -0.05) is 146 Å². The number of rotatable bonds is 3. The van der Waals surface area contributed by atoms with Crippen LogP contribution in [0.5, 0.6) is 0 Å². The van der Waals surface area contributed by atoms with Crippen molar-refractivity contribution in [2.75, 3.05) is 4.90 Å². The molecule has 0 atom stereocenters. The van der Waals surface area contributed by atoms with Gasteiger partial charge in [-0.3, -0.25) is 0 Å². The lowest BCUT2D eigenvalue weighted by atomic mass is 9.87. The van der Waals surface area contributed by atoms with Gasteiger partial charge in [0, 0.05) is 27.5 Å². The van der Waals surface area contributed by atoms with Crippen LogP contribution in [0, 0.1) is 0 Å². The topological polar surface area (TPSA) is 29.0 Å². The third kappa shape index (κ3) is 4.44. The maximum absolute atomic E-state index is 5.48. The van der Waals surface area contributed by atoms with Gasteiger partial charge in [-0.05, 0) is 91.1 Å². The normalized spacial score (nSPS) is 12.3. The summed E-state index contributed by atoms with van der Waals surface area (Å²) in [5.74, 6) is 0. The molecule has 254 valence electrons. The summed E-state index contributed by atoms with van der Waals surface area (Å²) in [6.07, 6.45) is 0. The molecule has 0 spiro atoms. The fraction of sp³-hybridized carbons (Fsp3) is 0. The molecule has 0 bridgehead atoms. The predicted octanol–water partition coefficient (Wildman–Crippen LogP) is 14.2. The minimum absolute atomic E-state index is 0.862. The minimum Gasteiger partial charge on any atom is -0.309 e. The molecule has 2 heterocycles. The van der Waals surface area contributed by atoms with Crippen LogP contribution in [0.15, 0.2) is 188 Å². The summed E-state index contributed by atoms with van der Waals surface area (Å²) < 4.78 is 0. The lowest BCUT2D eigenvalue weighted by Gasteiger charge is -2.35. The molecule has 0 saturated heterocycles. The van der Waals surface area contributed by atoms with Gasteiger partial charge in [0.25, 0.3) is 0 Å². The number of fused-ring (bicyclic) bond motifs is 9. The molecule has 0 aliphatic carbocycles. The van der Waals surface area contributed by atoms with Crippen LogP contribution in [-0.2, 0) is 0 Å². The molecule has 3 heteroatoms. The van der Waals surface area contributed by atoms with E-state index >= 15 is 0 Å². The Morgan fingerprint density at radius 1 is 0.327 bits per heavy atom. The zero-order valence-corrected chi connectivity index (χ0v) is 29.7. The highest BCUT2D eigenvalue weighted by Crippen LogP contribution is 2.54. The van der Waals surface area contributed by atoms with Gasteiger partial charge >= 0.3 is 0 Å². The average molecular weight is 698 g/mol. The fourth-order valence-electron chi connectivity index (χ4n) is 9.09. The Bertz CT molecular complexity index is 3390. The first-order valence-electron chi connectivity index (χ1n) is 18.8. The Morgan fingerprint density at radius 2 is 0.927 bits per heavy atom. The number of aromatic nitrogens is 2. The molecule has 12 rings (SSSR count). The van der Waals surface area contributed by atoms with Crippen LogP contribution in [0.4, 0.5) is 17.1 Å². The van der Waals surface area contributed by atoms with Crippen molar-refractivity contribution in [2.24, 2.45) is 0 Å². The van der Waals surface area contributed by atoms with Crippen molar-refractivity contribution in [1.82, 2.24) is 9.97 Å². The van der Waals surface area contributed by atoms with Gasteiger partial charge in [0.1, 0.15) is 0 Å². The van der Waals surface area contributed by atoms with Gasteiger partial charge < -0.3 is 4.90 Å². The van der Waals surface area contributed by atoms with Gasteiger partial charge in [-0.25, -0.2) is 9.97 Å². The summed E-state index contributed by atoms with van der Waals surface area (Å²) >= 11 is 0. The number of benzene rings is 10. The largest absolute Gasteiger partial charge is 0.309 e. The molecular weight excluding hydrogens is 667 g/mol. The molecule has 3 nitrogen and oxygen atoms in total. The summed E-state index contributed by atoms with van der Waals surface area (Å²) in [5.41, 5.74) is 11.5. The Labute approximate surface area is 317 Å². The van der Waals surface area contributed by atoms with Crippen molar-refractivity contribution in [2.45, 2.75) is 0 Å². The molecule has 1 aromatic heterocycles. The van der Waals surface area contributed by atoms with E-state index in [1.165, 1.54) is 59.9 Å². The molecule has 55 heavy (non-hydrogen) atoms. The molecule has 0 fully saturated rings. The summed E-state index contributed by atoms with van der Waals surface area (Å²) in [6, 6.07) is 68.0. The zero-order chi connectivity index (χ0) is 36.0. The first-order valence-corrected chi connectivity index (χ1v) is 18.8. The second-order valence-corrected chi connectivity index (χ2v) is 14.5. The summed E-state index contributed by atoms with van der Waals surface area (Å²) in [7, 11) is 0. The molecule has 0 saturated carbocycles. The summed E-state index contributed by atoms with van der Waals surface area (Å²) in [6.45, 7) is 0. The lowest BCUT2D eigenvalue weighted by Crippen LogP contribution is -2.16. The molecular formula is C52H31N3. The maximum atomic E-state index is 5.48. The fourth-order valence-corrected chi connectivity index (χ4v) is 9.09. The van der Waals surface area contributed by atoms with Gasteiger partial charge in [0.05, 0.1) is 39.5 Å². The van der Waals surface area contributed by atoms with Gasteiger partial charge in [-0.15, -0.1) is 0 Å². The monoisotopic (exact) mass is 697 g/mol. The van der Waals surface area contributed by atoms with Crippen LogP contribution in [-0.4, -0.2) is 9.97 Å². The average Bonchev–Trinajstić information content (AvgIpc) is 3.25. The zero-order valence-electron chi connectivity index (χ0n) is 29.7. The van der Waals surface area contributed by atoms with E-state index < -0.39 is 0 Å². The Morgan fingerprint density at radius 3 is 1.73 bits per heavy atom. The molecule has 0 amide bonds. The van der Waals surface area contributed by atoms with Crippen LogP contribution in [0.25, 0.3) is 98.5 Å². The molecule has 11 aromatic rings. The van der Waals surface area contributed by atoms with Gasteiger partial charge in [0.15, 0.2) is 0 Å². The van der Waals surface area contributed by atoms with Crippen LogP contribution in [0.3, 0.4) is 0 Å². The van der Waals surface area contributed by atoms with E-state index in [0.717, 1.165) is 55.7 Å². The first kappa shape index (κ1) is 30.1. The Kier molecular flexibility index (Phi) is 6.34. The Hall–Kier alpha value is -7.36. The number of hydrogen-bond donors (Lipinski definition) is 0. The van der Waals surface area contributed by atoms with Crippen LogP contribution < -0.4 is 4.90 Å². The maximum Gasteiger partial charge on any atom is 0.0979 e. The van der Waals surface area contributed by atoms with E-state index in [0.29, 0.717) is 0 Å².